The first-order valence-corrected chi connectivity index (χ1v) is 24.3. The van der Waals surface area contributed by atoms with Crippen LogP contribution < -0.4 is 65.1 Å². The number of nitrogens with two attached hydrogens (primary N) is 3. The minimum Gasteiger partial charge on any atom is -0.480 e. The highest BCUT2D eigenvalue weighted by atomic mass is 32.1. The molecule has 0 radical (unpaired) electrons. The van der Waals surface area contributed by atoms with Crippen LogP contribution in [0.4, 0.5) is 0 Å². The Bertz CT molecular complexity index is 1900. The summed E-state index contributed by atoms with van der Waals surface area (Å²) in [5.41, 5.74) is 16.4. The SMILES string of the molecule is CC(C)CC(NC(=O)C(CCCCN)NC(=O)C(C)NC(=O)C(N)CO)C(=O)NC(CS)C(=O)N1CCCC1C(=O)NCC(=O)NCC(=O)NC(CC(N)=O)C(=O)NC(CS)C(=O)NC(C(=O)O)C(C)C. The molecule has 0 spiro atoms. The van der Waals surface area contributed by atoms with Crippen LogP contribution in [0, 0.1) is 11.8 Å². The van der Waals surface area contributed by atoms with E-state index in [4.69, 9.17) is 22.3 Å². The number of unbranched alkanes of at least 4 members (excludes halogenated alkanes) is 1. The summed E-state index contributed by atoms with van der Waals surface area (Å²) in [7, 11) is 0. The molecule has 1 aliphatic rings. The smallest absolute Gasteiger partial charge is 0.326 e. The van der Waals surface area contributed by atoms with Gasteiger partial charge in [0, 0.05) is 18.1 Å². The summed E-state index contributed by atoms with van der Waals surface area (Å²) in [4.78, 5) is 155. The molecule has 1 fully saturated rings. The summed E-state index contributed by atoms with van der Waals surface area (Å²) < 4.78 is 0. The molecule has 0 aliphatic carbocycles. The standard InChI is InChI=1S/C42H73N13O14S2/c1-20(2)13-25(51-36(62)24(9-6-7-11-43)50-34(60)22(5)48-35(61)23(44)17-56)37(63)53-28(19-71)41(67)55-12-8-10-29(55)40(66)47-15-31(58)46-16-32(59)49-26(14-30(45)57)38(64)52-27(18-70)39(65)54-33(21(3)4)42(68)69/h20-29,33,56,70-71H,6-19,43-44H2,1-5H3,(H2,45,57)(H,46,58)(H,47,66)(H,48,61)(H,49,59)(H,50,60)(H,51,62)(H,52,64)(H,53,63)(H,54,65)(H,68,69). The molecule has 9 atom stereocenters. The molecular weight excluding hydrogens is 975 g/mol. The fraction of sp³-hybridized carbons (Fsp3) is 0.714. The van der Waals surface area contributed by atoms with Crippen molar-refractivity contribution in [2.75, 3.05) is 44.3 Å². The van der Waals surface area contributed by atoms with Crippen molar-refractivity contribution in [2.45, 2.75) is 134 Å². The van der Waals surface area contributed by atoms with Crippen molar-refractivity contribution in [3.8, 4) is 0 Å². The van der Waals surface area contributed by atoms with E-state index in [1.165, 1.54) is 11.8 Å². The molecule has 0 saturated carbocycles. The van der Waals surface area contributed by atoms with Gasteiger partial charge in [-0.05, 0) is 63.8 Å². The maximum absolute atomic E-state index is 13.9. The molecule has 29 heteroatoms. The maximum Gasteiger partial charge on any atom is 0.326 e. The predicted octanol–water partition coefficient (Wildman–Crippen LogP) is -6.41. The fourth-order valence-electron chi connectivity index (χ4n) is 6.88. The third-order valence-corrected chi connectivity index (χ3v) is 11.5. The molecule has 1 rings (SSSR count). The number of carbonyl (C=O) groups is 12. The molecular formula is C42H73N13O14S2. The third kappa shape index (κ3) is 22.5. The zero-order valence-electron chi connectivity index (χ0n) is 40.6. The number of amides is 11. The zero-order valence-corrected chi connectivity index (χ0v) is 42.4. The van der Waals surface area contributed by atoms with Gasteiger partial charge < -0.3 is 80.2 Å². The predicted molar refractivity (Wildman–Crippen MR) is 261 cm³/mol. The van der Waals surface area contributed by atoms with Crippen molar-refractivity contribution >= 4 is 96.2 Å². The van der Waals surface area contributed by atoms with Crippen LogP contribution in [0.1, 0.15) is 79.6 Å². The van der Waals surface area contributed by atoms with Crippen LogP contribution in [0.5, 0.6) is 0 Å². The number of primary amides is 1. The normalized spacial score (nSPS) is 16.6. The van der Waals surface area contributed by atoms with Gasteiger partial charge in [-0.3, -0.25) is 52.7 Å². The Labute approximate surface area is 422 Å². The van der Waals surface area contributed by atoms with Gasteiger partial charge in [0.05, 0.1) is 26.1 Å². The monoisotopic (exact) mass is 1050 g/mol. The average Bonchev–Trinajstić information content (AvgIpc) is 3.81. The Kier molecular flexibility index (Phi) is 28.7. The Hall–Kier alpha value is -5.78. The third-order valence-electron chi connectivity index (χ3n) is 10.8. The molecule has 402 valence electrons. The lowest BCUT2D eigenvalue weighted by Crippen LogP contribution is -2.60. The van der Waals surface area contributed by atoms with Crippen molar-refractivity contribution in [1.29, 1.82) is 0 Å². The van der Waals surface area contributed by atoms with Crippen LogP contribution in [-0.4, -0.2) is 185 Å². The summed E-state index contributed by atoms with van der Waals surface area (Å²) in [6.45, 7) is 6.39. The summed E-state index contributed by atoms with van der Waals surface area (Å²) in [6, 6.07) is -11.4. The number of rotatable bonds is 32. The van der Waals surface area contributed by atoms with Gasteiger partial charge in [0.2, 0.25) is 65.0 Å². The van der Waals surface area contributed by atoms with E-state index < -0.39 is 157 Å². The highest BCUT2D eigenvalue weighted by Gasteiger charge is 2.39. The molecule has 0 aromatic rings. The summed E-state index contributed by atoms with van der Waals surface area (Å²) >= 11 is 8.30. The number of aliphatic carboxylic acids is 1. The second-order valence-corrected chi connectivity index (χ2v) is 18.3. The van der Waals surface area contributed by atoms with E-state index in [1.54, 1.807) is 27.7 Å². The molecule has 0 aromatic heterocycles. The Morgan fingerprint density at radius 3 is 1.76 bits per heavy atom. The number of aliphatic hydroxyl groups excluding tert-OH is 1. The number of aliphatic hydroxyl groups is 1. The number of carboxylic acids is 1. The van der Waals surface area contributed by atoms with Crippen molar-refractivity contribution in [1.82, 2.24) is 52.8 Å². The maximum atomic E-state index is 13.9. The van der Waals surface area contributed by atoms with Crippen LogP contribution in [0.3, 0.4) is 0 Å². The summed E-state index contributed by atoms with van der Waals surface area (Å²) in [5.74, 6) is -11.7. The van der Waals surface area contributed by atoms with Crippen LogP contribution in [0.25, 0.3) is 0 Å². The number of hydrogen-bond acceptors (Lipinski definition) is 17. The van der Waals surface area contributed by atoms with Crippen LogP contribution in [0.2, 0.25) is 0 Å². The van der Waals surface area contributed by atoms with Gasteiger partial charge in [-0.25, -0.2) is 4.79 Å². The highest BCUT2D eigenvalue weighted by Crippen LogP contribution is 2.19. The van der Waals surface area contributed by atoms with Crippen molar-refractivity contribution < 1.29 is 67.7 Å². The molecule has 9 unspecified atom stereocenters. The molecule has 0 aromatic carbocycles. The first kappa shape index (κ1) is 63.2. The second-order valence-electron chi connectivity index (χ2n) is 17.6. The molecule has 1 aliphatic heterocycles. The largest absolute Gasteiger partial charge is 0.480 e. The van der Waals surface area contributed by atoms with Crippen molar-refractivity contribution in [3.05, 3.63) is 0 Å². The van der Waals surface area contributed by atoms with E-state index in [0.717, 1.165) is 0 Å². The molecule has 0 bridgehead atoms. The van der Waals surface area contributed by atoms with Crippen LogP contribution >= 0.6 is 25.3 Å². The fourth-order valence-corrected chi connectivity index (χ4v) is 7.38. The number of likely N-dealkylation sites (tertiary alicyclic amines) is 1. The van der Waals surface area contributed by atoms with Crippen LogP contribution in [-0.2, 0) is 57.5 Å². The quantitative estimate of drug-likeness (QED) is 0.0220. The highest BCUT2D eigenvalue weighted by molar-refractivity contribution is 7.80. The topological polar surface area (TPSA) is 435 Å². The Morgan fingerprint density at radius 1 is 0.662 bits per heavy atom. The van der Waals surface area contributed by atoms with E-state index in [0.29, 0.717) is 25.8 Å². The van der Waals surface area contributed by atoms with Gasteiger partial charge in [-0.15, -0.1) is 0 Å². The van der Waals surface area contributed by atoms with Gasteiger partial charge in [-0.2, -0.15) is 25.3 Å². The number of carbonyl (C=O) groups excluding carboxylic acids is 11. The molecule has 27 nitrogen and oxygen atoms in total. The number of nitrogens with zero attached hydrogens (tertiary/aromatic N) is 1. The van der Waals surface area contributed by atoms with Crippen molar-refractivity contribution in [2.24, 2.45) is 29.0 Å². The average molecular weight is 1050 g/mol. The van der Waals surface area contributed by atoms with Crippen molar-refractivity contribution in [3.63, 3.8) is 0 Å². The minimum atomic E-state index is -1.62. The van der Waals surface area contributed by atoms with Gasteiger partial charge >= 0.3 is 5.97 Å². The molecule has 1 heterocycles. The number of nitrogens with one attached hydrogen (secondary N) is 9. The van der Waals surface area contributed by atoms with Gasteiger partial charge in [0.1, 0.15) is 54.4 Å². The minimum absolute atomic E-state index is 0.102. The Morgan fingerprint density at radius 2 is 1.21 bits per heavy atom. The van der Waals surface area contributed by atoms with E-state index in [9.17, 15) is 62.6 Å². The zero-order chi connectivity index (χ0) is 54.1. The second kappa shape index (κ2) is 32.2. The number of thiol groups is 2. The first-order valence-electron chi connectivity index (χ1n) is 23.1. The van der Waals surface area contributed by atoms with E-state index in [-0.39, 0.29) is 43.2 Å². The first-order chi connectivity index (χ1) is 33.3. The lowest BCUT2D eigenvalue weighted by Gasteiger charge is -2.30. The number of carboxylic acid groups (broad SMARTS) is 1. The Balaban J connectivity index is 2.96. The van der Waals surface area contributed by atoms with Gasteiger partial charge in [-0.1, -0.05) is 27.7 Å². The lowest BCUT2D eigenvalue weighted by atomic mass is 10.0. The molecule has 71 heavy (non-hydrogen) atoms. The van der Waals surface area contributed by atoms with E-state index in [1.807, 2.05) is 0 Å². The molecule has 17 N–H and O–H groups in total. The molecule has 11 amide bonds. The number of hydrogen-bond donors (Lipinski definition) is 16. The van der Waals surface area contributed by atoms with Crippen LogP contribution in [0.15, 0.2) is 0 Å². The van der Waals surface area contributed by atoms with Gasteiger partial charge in [0.15, 0.2) is 0 Å². The summed E-state index contributed by atoms with van der Waals surface area (Å²) in [6.07, 6.45) is 0.993. The lowest BCUT2D eigenvalue weighted by molar-refractivity contribution is -0.143. The summed E-state index contributed by atoms with van der Waals surface area (Å²) in [5, 5.41) is 40.2. The molecule has 1 saturated heterocycles. The van der Waals surface area contributed by atoms with Gasteiger partial charge in [0.25, 0.3) is 0 Å². The van der Waals surface area contributed by atoms with E-state index in [2.05, 4.69) is 73.1 Å². The van der Waals surface area contributed by atoms with E-state index >= 15 is 0 Å².